The number of fused-ring (bicyclic) bond motifs is 1. The van der Waals surface area contributed by atoms with Crippen molar-refractivity contribution in [3.63, 3.8) is 0 Å². The summed E-state index contributed by atoms with van der Waals surface area (Å²) < 4.78 is 104. The van der Waals surface area contributed by atoms with Crippen LogP contribution in [0.5, 0.6) is 0 Å². The third-order valence-electron chi connectivity index (χ3n) is 5.71. The van der Waals surface area contributed by atoms with E-state index in [0.29, 0.717) is 17.5 Å². The number of anilines is 1. The Labute approximate surface area is 226 Å². The molecule has 0 unspecified atom stereocenters. The van der Waals surface area contributed by atoms with Crippen LogP contribution in [0.3, 0.4) is 0 Å². The van der Waals surface area contributed by atoms with Crippen molar-refractivity contribution in [1.29, 1.82) is 0 Å². The Morgan fingerprint density at radius 1 is 1.36 bits per heavy atom. The molecule has 36 heavy (non-hydrogen) atoms. The van der Waals surface area contributed by atoms with Crippen LogP contribution in [-0.4, -0.2) is 83.5 Å². The number of hydrogen-bond donors (Lipinski definition) is 4. The molecular formula is C24H31FN6O4S. The third-order valence-corrected chi connectivity index (χ3v) is 6.38. The number of aliphatic hydroxyl groups is 3. The summed E-state index contributed by atoms with van der Waals surface area (Å²) in [6.45, 7) is 0.995. The number of aryl methyl sites for hydroxylation is 1. The minimum Gasteiger partial charge on any atom is -0.394 e. The maximum absolute atomic E-state index is 14.2. The van der Waals surface area contributed by atoms with Gasteiger partial charge in [0.05, 0.1) is 30.8 Å². The van der Waals surface area contributed by atoms with Crippen LogP contribution in [0.15, 0.2) is 23.4 Å². The summed E-state index contributed by atoms with van der Waals surface area (Å²) in [7, 11) is 0. The Hall–Kier alpha value is -2.38. The van der Waals surface area contributed by atoms with Gasteiger partial charge in [0.2, 0.25) is 0 Å². The summed E-state index contributed by atoms with van der Waals surface area (Å²) in [5.74, 6) is -0.738. The number of nitrogens with zero attached hydrogens (tertiary/aromatic N) is 5. The van der Waals surface area contributed by atoms with Gasteiger partial charge in [-0.1, -0.05) is 36.0 Å². The molecule has 1 aromatic carbocycles. The van der Waals surface area contributed by atoms with Crippen molar-refractivity contribution in [2.24, 2.45) is 0 Å². The highest BCUT2D eigenvalue weighted by molar-refractivity contribution is 7.99. The Balaban J connectivity index is 1.66. The second-order valence-corrected chi connectivity index (χ2v) is 8.93. The van der Waals surface area contributed by atoms with Crippen LogP contribution in [0.4, 0.5) is 10.2 Å². The fourth-order valence-corrected chi connectivity index (χ4v) is 4.24. The number of aliphatic hydroxyl groups excluding tert-OH is 1. The molecule has 2 aromatic heterocycles. The van der Waals surface area contributed by atoms with Crippen molar-refractivity contribution in [1.82, 2.24) is 25.0 Å². The van der Waals surface area contributed by atoms with Crippen LogP contribution >= 0.6 is 11.8 Å². The van der Waals surface area contributed by atoms with Crippen LogP contribution in [0, 0.1) is 12.7 Å². The summed E-state index contributed by atoms with van der Waals surface area (Å²) in [5, 5.41) is 41.5. The third kappa shape index (κ3) is 4.92. The Morgan fingerprint density at radius 3 is 2.94 bits per heavy atom. The zero-order valence-corrected chi connectivity index (χ0v) is 20.1. The lowest BCUT2D eigenvalue weighted by Crippen LogP contribution is -2.33. The van der Waals surface area contributed by atoms with Gasteiger partial charge < -0.3 is 25.4 Å². The zero-order valence-electron chi connectivity index (χ0n) is 29.3. The topological polar surface area (TPSA) is 138 Å². The fourth-order valence-electron chi connectivity index (χ4n) is 3.78. The average Bonchev–Trinajstić information content (AvgIpc) is 3.56. The maximum atomic E-state index is 14.2. The van der Waals surface area contributed by atoms with E-state index in [1.165, 1.54) is 6.07 Å². The molecule has 10 nitrogen and oxygen atoms in total. The molecule has 0 amide bonds. The van der Waals surface area contributed by atoms with E-state index in [0.717, 1.165) is 6.92 Å². The van der Waals surface area contributed by atoms with E-state index >= 15 is 0 Å². The van der Waals surface area contributed by atoms with Crippen molar-refractivity contribution in [3.05, 3.63) is 35.1 Å². The van der Waals surface area contributed by atoms with Gasteiger partial charge in [-0.15, -0.1) is 5.10 Å². The molecule has 5 rings (SSSR count). The summed E-state index contributed by atoms with van der Waals surface area (Å²) in [6.07, 6.45) is -16.9. The summed E-state index contributed by atoms with van der Waals surface area (Å²) in [5.41, 5.74) is -2.40. The number of nitrogens with one attached hydrogen (secondary N) is 1. The Kier molecular flexibility index (Phi) is 4.62. The van der Waals surface area contributed by atoms with Crippen LogP contribution < -0.4 is 5.32 Å². The lowest BCUT2D eigenvalue weighted by Gasteiger charge is -2.17. The van der Waals surface area contributed by atoms with Crippen molar-refractivity contribution in [2.75, 3.05) is 24.2 Å². The first-order valence-electron chi connectivity index (χ1n) is 16.0. The largest absolute Gasteiger partial charge is 0.394 e. The summed E-state index contributed by atoms with van der Waals surface area (Å²) in [6, 6.07) is 0.793. The van der Waals surface area contributed by atoms with E-state index in [2.05, 4.69) is 25.6 Å². The molecule has 2 saturated carbocycles. The standard InChI is InChI=1S/C24H31FN6O4S/c1-3-8-36-24-27-22(26-16-10-14(16)13-5-4-12(2)15(25)9-13)19-23(28-24)31(30-29-19)17-11-18(35-7-6-32)21(34)20(17)33/h4-5,9,14,16-18,20-21,32-34H,3,6-8,10-11H2,1-2H3,(H,26,27,28)/t14-,16+,17+,18-,20-,21+/m0/s1/i3D2,8D2,11D2,17D,18D,20D,21D. The number of benzene rings is 1. The molecule has 0 saturated heterocycles. The van der Waals surface area contributed by atoms with E-state index in [1.807, 2.05) is 0 Å². The molecule has 0 bridgehead atoms. The highest BCUT2D eigenvalue weighted by Gasteiger charge is 2.45. The van der Waals surface area contributed by atoms with Crippen molar-refractivity contribution < 1.29 is 38.2 Å². The molecule has 6 atom stereocenters. The van der Waals surface area contributed by atoms with Crippen molar-refractivity contribution in [2.45, 2.75) is 74.4 Å². The molecule has 2 fully saturated rings. The van der Waals surface area contributed by atoms with Gasteiger partial charge in [-0.2, -0.15) is 0 Å². The minimum absolute atomic E-state index is 0.142. The molecule has 12 heteroatoms. The molecule has 0 radical (unpaired) electrons. The summed E-state index contributed by atoms with van der Waals surface area (Å²) >= 11 is 0.231. The molecule has 4 N–H and O–H groups in total. The van der Waals surface area contributed by atoms with Gasteiger partial charge in [0.25, 0.3) is 0 Å². The SMILES string of the molecule is [2H]C([2H])(C)C([2H])([2H])Sc1nc(N[C@@H]2C[C@H]2c2ccc(C)c(F)c2)c2nnn([C@]3([2H])C([2H])([2H])[C@]([2H])(OCCO)[C@@]([2H])(O)[C@@]3([2H])O)c2n1. The van der Waals surface area contributed by atoms with Crippen LogP contribution in [-0.2, 0) is 4.74 Å². The number of aromatic nitrogens is 5. The van der Waals surface area contributed by atoms with Crippen LogP contribution in [0.25, 0.3) is 11.2 Å². The normalized spacial score (nSPS) is 42.1. The van der Waals surface area contributed by atoms with Gasteiger partial charge in [0.15, 0.2) is 22.1 Å². The lowest BCUT2D eigenvalue weighted by atomic mass is 10.1. The van der Waals surface area contributed by atoms with E-state index in [4.69, 9.17) is 18.4 Å². The Bertz CT molecular complexity index is 1680. The van der Waals surface area contributed by atoms with Gasteiger partial charge in [0.1, 0.15) is 18.0 Å². The first-order valence-corrected chi connectivity index (χ1v) is 11.9. The quantitative estimate of drug-likeness (QED) is 0.229. The molecule has 2 heterocycles. The maximum Gasteiger partial charge on any atom is 0.191 e. The van der Waals surface area contributed by atoms with Crippen molar-refractivity contribution >= 4 is 28.7 Å². The van der Waals surface area contributed by atoms with Gasteiger partial charge >= 0.3 is 0 Å². The van der Waals surface area contributed by atoms with Gasteiger partial charge in [-0.3, -0.25) is 0 Å². The smallest absolute Gasteiger partial charge is 0.191 e. The molecular weight excluding hydrogens is 487 g/mol. The molecule has 0 spiro atoms. The molecule has 194 valence electrons. The second-order valence-electron chi connectivity index (χ2n) is 8.16. The van der Waals surface area contributed by atoms with E-state index in [9.17, 15) is 19.7 Å². The van der Waals surface area contributed by atoms with E-state index in [1.54, 1.807) is 19.1 Å². The van der Waals surface area contributed by atoms with Gasteiger partial charge in [0, 0.05) is 32.3 Å². The molecule has 3 aromatic rings. The predicted molar refractivity (Wildman–Crippen MR) is 133 cm³/mol. The second kappa shape index (κ2) is 10.5. The van der Waals surface area contributed by atoms with Crippen LogP contribution in [0.2, 0.25) is 0 Å². The Morgan fingerprint density at radius 2 is 2.19 bits per heavy atom. The van der Waals surface area contributed by atoms with E-state index < -0.39 is 72.5 Å². The van der Waals surface area contributed by atoms with E-state index in [-0.39, 0.29) is 39.7 Å². The van der Waals surface area contributed by atoms with Gasteiger partial charge in [-0.05, 0) is 36.9 Å². The number of rotatable bonds is 10. The number of hydrogen-bond acceptors (Lipinski definition) is 10. The predicted octanol–water partition coefficient (Wildman–Crippen LogP) is 2.18. The number of thioether (sulfide) groups is 1. The van der Waals surface area contributed by atoms with Gasteiger partial charge in [-0.25, -0.2) is 19.0 Å². The molecule has 2 aliphatic carbocycles. The molecule has 0 aliphatic heterocycles. The average molecular weight is 529 g/mol. The molecule has 2 aliphatic rings. The highest BCUT2D eigenvalue weighted by atomic mass is 32.2. The fraction of sp³-hybridized carbons (Fsp3) is 0.583. The summed E-state index contributed by atoms with van der Waals surface area (Å²) in [4.78, 5) is 8.40. The zero-order chi connectivity index (χ0) is 34.5. The van der Waals surface area contributed by atoms with Crippen molar-refractivity contribution in [3.8, 4) is 0 Å². The lowest BCUT2D eigenvalue weighted by molar-refractivity contribution is -0.0629. The van der Waals surface area contributed by atoms with Crippen LogP contribution in [0.1, 0.15) is 62.9 Å². The highest BCUT2D eigenvalue weighted by Crippen LogP contribution is 2.44. The first kappa shape index (κ1) is 15.8. The monoisotopic (exact) mass is 528 g/mol. The number of ether oxygens (including phenoxy) is 1. The first-order chi connectivity index (χ1) is 21.0. The minimum atomic E-state index is -3.92. The number of halogens is 1.